The van der Waals surface area contributed by atoms with Gasteiger partial charge in [0.15, 0.2) is 6.29 Å². The van der Waals surface area contributed by atoms with Crippen LogP contribution in [0.4, 0.5) is 5.69 Å². The van der Waals surface area contributed by atoms with Crippen LogP contribution in [0.25, 0.3) is 0 Å². The second-order valence-electron chi connectivity index (χ2n) is 3.57. The molecule has 1 aliphatic heterocycles. The van der Waals surface area contributed by atoms with E-state index in [1.54, 1.807) is 12.3 Å². The first-order valence-corrected chi connectivity index (χ1v) is 4.46. The maximum absolute atomic E-state index is 10.3. The number of aromatic nitrogens is 1. The number of hydrogen-bond acceptors (Lipinski definition) is 3. The molecule has 0 aliphatic carbocycles. The summed E-state index contributed by atoms with van der Waals surface area (Å²) in [5, 5.41) is 0. The van der Waals surface area contributed by atoms with Crippen LogP contribution in [0.5, 0.6) is 0 Å². The van der Waals surface area contributed by atoms with Gasteiger partial charge in [-0.1, -0.05) is 6.92 Å². The molecule has 0 spiro atoms. The molecule has 0 saturated carbocycles. The monoisotopic (exact) mass is 176 g/mol. The largest absolute Gasteiger partial charge is 0.370 e. The van der Waals surface area contributed by atoms with Gasteiger partial charge in [-0.2, -0.15) is 0 Å². The van der Waals surface area contributed by atoms with E-state index in [2.05, 4.69) is 16.8 Å². The van der Waals surface area contributed by atoms with Crippen LogP contribution in [-0.2, 0) is 0 Å². The number of anilines is 1. The molecule has 0 bridgehead atoms. The predicted octanol–water partition coefficient (Wildman–Crippen LogP) is 1.35. The fraction of sp³-hybridized carbons (Fsp3) is 0.400. The van der Waals surface area contributed by atoms with Crippen molar-refractivity contribution in [2.45, 2.75) is 6.92 Å². The molecule has 1 aromatic heterocycles. The van der Waals surface area contributed by atoms with E-state index in [4.69, 9.17) is 0 Å². The lowest BCUT2D eigenvalue weighted by atomic mass is 10.0. The Bertz CT molecular complexity index is 301. The van der Waals surface area contributed by atoms with Gasteiger partial charge >= 0.3 is 0 Å². The topological polar surface area (TPSA) is 33.2 Å². The van der Waals surface area contributed by atoms with Crippen molar-refractivity contribution in [3.63, 3.8) is 0 Å². The third kappa shape index (κ3) is 1.54. The zero-order chi connectivity index (χ0) is 9.26. The van der Waals surface area contributed by atoms with Crippen LogP contribution in [0.15, 0.2) is 18.3 Å². The van der Waals surface area contributed by atoms with Gasteiger partial charge in [0.05, 0.1) is 11.9 Å². The van der Waals surface area contributed by atoms with Crippen molar-refractivity contribution in [1.29, 1.82) is 0 Å². The number of nitrogens with zero attached hydrogens (tertiary/aromatic N) is 2. The summed E-state index contributed by atoms with van der Waals surface area (Å²) in [5.74, 6) is 0.783. The van der Waals surface area contributed by atoms with Crippen molar-refractivity contribution in [2.24, 2.45) is 5.92 Å². The van der Waals surface area contributed by atoms with E-state index >= 15 is 0 Å². The predicted molar refractivity (Wildman–Crippen MR) is 51.0 cm³/mol. The second-order valence-corrected chi connectivity index (χ2v) is 3.57. The van der Waals surface area contributed by atoms with E-state index in [0.29, 0.717) is 5.69 Å². The van der Waals surface area contributed by atoms with Gasteiger partial charge < -0.3 is 4.90 Å². The van der Waals surface area contributed by atoms with E-state index in [0.717, 1.165) is 31.0 Å². The van der Waals surface area contributed by atoms with E-state index in [1.165, 1.54) is 0 Å². The molecule has 0 radical (unpaired) electrons. The van der Waals surface area contributed by atoms with Crippen molar-refractivity contribution < 1.29 is 4.79 Å². The Morgan fingerprint density at radius 1 is 1.54 bits per heavy atom. The van der Waals surface area contributed by atoms with Crippen LogP contribution in [0.1, 0.15) is 17.4 Å². The van der Waals surface area contributed by atoms with Gasteiger partial charge in [-0.3, -0.25) is 9.78 Å². The third-order valence-electron chi connectivity index (χ3n) is 2.32. The maximum Gasteiger partial charge on any atom is 0.168 e. The van der Waals surface area contributed by atoms with E-state index < -0.39 is 0 Å². The summed E-state index contributed by atoms with van der Waals surface area (Å²) in [7, 11) is 0. The quantitative estimate of drug-likeness (QED) is 0.638. The highest BCUT2D eigenvalue weighted by molar-refractivity contribution is 5.72. The summed E-state index contributed by atoms with van der Waals surface area (Å²) in [5.41, 5.74) is 1.61. The number of carbonyl (C=O) groups excluding carboxylic acids is 1. The summed E-state index contributed by atoms with van der Waals surface area (Å²) in [4.78, 5) is 16.6. The van der Waals surface area contributed by atoms with E-state index in [-0.39, 0.29) is 0 Å². The van der Waals surface area contributed by atoms with Gasteiger partial charge in [0.1, 0.15) is 5.69 Å². The normalized spacial score (nSPS) is 16.8. The summed E-state index contributed by atoms with van der Waals surface area (Å²) in [6.07, 6.45) is 2.53. The summed E-state index contributed by atoms with van der Waals surface area (Å²) in [6, 6.07) is 3.70. The van der Waals surface area contributed by atoms with Gasteiger partial charge in [0, 0.05) is 13.1 Å². The van der Waals surface area contributed by atoms with Crippen molar-refractivity contribution >= 4 is 12.0 Å². The van der Waals surface area contributed by atoms with Crippen molar-refractivity contribution in [3.05, 3.63) is 24.0 Å². The van der Waals surface area contributed by atoms with Gasteiger partial charge in [0.2, 0.25) is 0 Å². The molecular weight excluding hydrogens is 164 g/mol. The van der Waals surface area contributed by atoms with Crippen LogP contribution in [0, 0.1) is 5.92 Å². The lowest BCUT2D eigenvalue weighted by Gasteiger charge is -2.38. The lowest BCUT2D eigenvalue weighted by Crippen LogP contribution is -2.45. The standard InChI is InChI=1S/C10H12N2O/c1-8-5-12(6-8)10-3-2-9(7-13)11-4-10/h2-4,7-8H,5-6H2,1H3. The molecule has 2 rings (SSSR count). The molecule has 3 nitrogen and oxygen atoms in total. The van der Waals surface area contributed by atoms with Gasteiger partial charge in [-0.05, 0) is 18.1 Å². The highest BCUT2D eigenvalue weighted by atomic mass is 16.1. The van der Waals surface area contributed by atoms with Gasteiger partial charge in [0.25, 0.3) is 0 Å². The van der Waals surface area contributed by atoms with E-state index in [9.17, 15) is 4.79 Å². The Labute approximate surface area is 77.4 Å². The Hall–Kier alpha value is -1.38. The highest BCUT2D eigenvalue weighted by Gasteiger charge is 2.22. The SMILES string of the molecule is CC1CN(c2ccc(C=O)nc2)C1. The molecule has 0 unspecified atom stereocenters. The van der Waals surface area contributed by atoms with E-state index in [1.807, 2.05) is 6.07 Å². The lowest BCUT2D eigenvalue weighted by molar-refractivity contribution is 0.111. The van der Waals surface area contributed by atoms with Gasteiger partial charge in [-0.15, -0.1) is 0 Å². The number of carbonyl (C=O) groups is 1. The molecule has 1 aromatic rings. The first-order valence-electron chi connectivity index (χ1n) is 4.46. The fourth-order valence-corrected chi connectivity index (χ4v) is 1.56. The minimum Gasteiger partial charge on any atom is -0.370 e. The molecule has 3 heteroatoms. The number of aldehydes is 1. The zero-order valence-corrected chi connectivity index (χ0v) is 7.60. The third-order valence-corrected chi connectivity index (χ3v) is 2.32. The molecule has 0 atom stereocenters. The molecular formula is C10H12N2O. The molecule has 13 heavy (non-hydrogen) atoms. The Morgan fingerprint density at radius 3 is 2.77 bits per heavy atom. The van der Waals surface area contributed by atoms with Crippen LogP contribution in [-0.4, -0.2) is 24.4 Å². The van der Waals surface area contributed by atoms with Crippen molar-refractivity contribution in [1.82, 2.24) is 4.98 Å². The average Bonchev–Trinajstić information content (AvgIpc) is 2.13. The van der Waals surface area contributed by atoms with Crippen molar-refractivity contribution in [2.75, 3.05) is 18.0 Å². The molecule has 1 saturated heterocycles. The Balaban J connectivity index is 2.10. The van der Waals surface area contributed by atoms with Crippen LogP contribution >= 0.6 is 0 Å². The van der Waals surface area contributed by atoms with Crippen LogP contribution in [0.2, 0.25) is 0 Å². The molecule has 0 amide bonds. The van der Waals surface area contributed by atoms with Crippen LogP contribution in [0.3, 0.4) is 0 Å². The Morgan fingerprint density at radius 2 is 2.31 bits per heavy atom. The average molecular weight is 176 g/mol. The smallest absolute Gasteiger partial charge is 0.168 e. The Kier molecular flexibility index (Phi) is 2.00. The molecule has 0 N–H and O–H groups in total. The molecule has 0 aromatic carbocycles. The fourth-order valence-electron chi connectivity index (χ4n) is 1.56. The molecule has 1 aliphatic rings. The summed E-state index contributed by atoms with van der Waals surface area (Å²) in [6.45, 7) is 4.42. The number of rotatable bonds is 2. The number of hydrogen-bond donors (Lipinski definition) is 0. The minimum absolute atomic E-state index is 0.498. The maximum atomic E-state index is 10.3. The van der Waals surface area contributed by atoms with Crippen molar-refractivity contribution in [3.8, 4) is 0 Å². The summed E-state index contributed by atoms with van der Waals surface area (Å²) >= 11 is 0. The molecule has 68 valence electrons. The summed E-state index contributed by atoms with van der Waals surface area (Å²) < 4.78 is 0. The first-order chi connectivity index (χ1) is 6.29. The first kappa shape index (κ1) is 8.23. The minimum atomic E-state index is 0.498. The number of pyridine rings is 1. The molecule has 2 heterocycles. The zero-order valence-electron chi connectivity index (χ0n) is 7.60. The van der Waals surface area contributed by atoms with Gasteiger partial charge in [-0.25, -0.2) is 0 Å². The highest BCUT2D eigenvalue weighted by Crippen LogP contribution is 2.22. The van der Waals surface area contributed by atoms with Crippen LogP contribution < -0.4 is 4.90 Å². The molecule has 1 fully saturated rings. The second kappa shape index (κ2) is 3.17.